The van der Waals surface area contributed by atoms with Crippen LogP contribution in [0.3, 0.4) is 0 Å². The Morgan fingerprint density at radius 3 is 2.23 bits per heavy atom. The summed E-state index contributed by atoms with van der Waals surface area (Å²) in [6, 6.07) is 0. The molecule has 4 heteroatoms. The monoisotopic (exact) mass is 224 g/mol. The summed E-state index contributed by atoms with van der Waals surface area (Å²) < 4.78 is 4.83. The number of ether oxygens (including phenoxy) is 1. The first-order valence-corrected chi connectivity index (χ1v) is 4.91. The van der Waals surface area contributed by atoms with Gasteiger partial charge in [0.05, 0.1) is 7.11 Å². The average Bonchev–Trinajstić information content (AvgIpc) is 2.11. The zero-order valence-electron chi connectivity index (χ0n) is 7.90. The summed E-state index contributed by atoms with van der Waals surface area (Å²) in [5.41, 5.74) is 0.966. The zero-order chi connectivity index (χ0) is 10.3. The van der Waals surface area contributed by atoms with E-state index < -0.39 is 0 Å². The quantitative estimate of drug-likeness (QED) is 0.529. The lowest BCUT2D eigenvalue weighted by Gasteiger charge is -2.01. The number of esters is 1. The molecule has 0 aliphatic heterocycles. The van der Waals surface area contributed by atoms with E-state index in [9.17, 15) is 4.79 Å². The van der Waals surface area contributed by atoms with Crippen molar-refractivity contribution in [2.45, 2.75) is 32.6 Å². The summed E-state index contributed by atoms with van der Waals surface area (Å²) in [5, 5.41) is 0. The molecule has 0 heterocycles. The van der Waals surface area contributed by atoms with E-state index in [1.807, 2.05) is 6.92 Å². The minimum absolute atomic E-state index is 0.168. The number of rotatable bonds is 5. The van der Waals surface area contributed by atoms with Crippen molar-refractivity contribution in [2.24, 2.45) is 0 Å². The van der Waals surface area contributed by atoms with Crippen LogP contribution in [0.1, 0.15) is 32.6 Å². The van der Waals surface area contributed by atoms with Gasteiger partial charge >= 0.3 is 5.97 Å². The number of carbonyl (C=O) groups is 1. The topological polar surface area (TPSA) is 26.3 Å². The highest BCUT2D eigenvalue weighted by atomic mass is 35.5. The predicted molar refractivity (Wildman–Crippen MR) is 54.9 cm³/mol. The molecule has 0 aliphatic carbocycles. The smallest absolute Gasteiger partial charge is 0.305 e. The van der Waals surface area contributed by atoms with Crippen molar-refractivity contribution in [1.29, 1.82) is 0 Å². The summed E-state index contributed by atoms with van der Waals surface area (Å²) >= 11 is 11.1. The van der Waals surface area contributed by atoms with Crippen LogP contribution in [0.5, 0.6) is 0 Å². The van der Waals surface area contributed by atoms with Crippen LogP contribution in [0.25, 0.3) is 0 Å². The third-order valence-corrected chi connectivity index (χ3v) is 2.38. The van der Waals surface area contributed by atoms with Crippen LogP contribution >= 0.6 is 23.2 Å². The van der Waals surface area contributed by atoms with Gasteiger partial charge in [0, 0.05) is 6.42 Å². The zero-order valence-corrected chi connectivity index (χ0v) is 9.41. The third-order valence-electron chi connectivity index (χ3n) is 1.73. The molecule has 0 unspecified atom stereocenters. The van der Waals surface area contributed by atoms with Crippen LogP contribution in [0.2, 0.25) is 0 Å². The summed E-state index contributed by atoms with van der Waals surface area (Å²) in [5.74, 6) is -0.168. The van der Waals surface area contributed by atoms with E-state index in [2.05, 4.69) is 4.74 Å². The summed E-state index contributed by atoms with van der Waals surface area (Å²) in [4.78, 5) is 10.7. The highest BCUT2D eigenvalue weighted by molar-refractivity contribution is 6.56. The lowest BCUT2D eigenvalue weighted by Crippen LogP contribution is -1.99. The molecule has 0 saturated heterocycles. The van der Waals surface area contributed by atoms with Crippen molar-refractivity contribution in [3.05, 3.63) is 10.1 Å². The molecule has 2 nitrogen and oxygen atoms in total. The normalized spacial score (nSPS) is 9.54. The van der Waals surface area contributed by atoms with Crippen molar-refractivity contribution in [1.82, 2.24) is 0 Å². The van der Waals surface area contributed by atoms with Gasteiger partial charge in [0.2, 0.25) is 0 Å². The Bertz CT molecular complexity index is 196. The number of halogens is 2. The van der Waals surface area contributed by atoms with Crippen LogP contribution in [-0.2, 0) is 9.53 Å². The molecule has 0 aliphatic rings. The van der Waals surface area contributed by atoms with Crippen LogP contribution in [0.15, 0.2) is 10.1 Å². The second-order valence-electron chi connectivity index (χ2n) is 2.82. The first-order chi connectivity index (χ1) is 6.07. The molecule has 0 radical (unpaired) electrons. The maximum atomic E-state index is 10.7. The molecule has 0 spiro atoms. The van der Waals surface area contributed by atoms with Gasteiger partial charge in [-0.3, -0.25) is 4.79 Å². The molecule has 0 aromatic heterocycles. The molecule has 0 atom stereocenters. The lowest BCUT2D eigenvalue weighted by molar-refractivity contribution is -0.140. The number of unbranched alkanes of at least 4 members (excludes halogenated alkanes) is 1. The molecule has 0 rings (SSSR count). The van der Waals surface area contributed by atoms with Crippen LogP contribution in [0, 0.1) is 0 Å². The molecule has 0 amide bonds. The fraction of sp³-hybridized carbons (Fsp3) is 0.667. The molecule has 13 heavy (non-hydrogen) atoms. The highest BCUT2D eigenvalue weighted by Crippen LogP contribution is 2.18. The van der Waals surface area contributed by atoms with E-state index in [0.717, 1.165) is 24.8 Å². The third kappa shape index (κ3) is 6.91. The number of allylic oxidation sites excluding steroid dienone is 1. The predicted octanol–water partition coefficient (Wildman–Crippen LogP) is 3.43. The molecule has 0 fully saturated rings. The maximum absolute atomic E-state index is 10.7. The molecule has 0 aromatic carbocycles. The Kier molecular flexibility index (Phi) is 7.10. The highest BCUT2D eigenvalue weighted by Gasteiger charge is 2.00. The average molecular weight is 225 g/mol. The summed E-state index contributed by atoms with van der Waals surface area (Å²) in [7, 11) is 1.39. The number of hydrogen-bond donors (Lipinski definition) is 0. The van der Waals surface area contributed by atoms with Crippen LogP contribution < -0.4 is 0 Å². The van der Waals surface area contributed by atoms with E-state index in [1.54, 1.807) is 0 Å². The van der Waals surface area contributed by atoms with E-state index in [4.69, 9.17) is 23.2 Å². The lowest BCUT2D eigenvalue weighted by atomic mass is 10.1. The number of hydrogen-bond acceptors (Lipinski definition) is 2. The minimum Gasteiger partial charge on any atom is -0.469 e. The van der Waals surface area contributed by atoms with Crippen molar-refractivity contribution >= 4 is 29.2 Å². The van der Waals surface area contributed by atoms with Crippen LogP contribution in [-0.4, -0.2) is 13.1 Å². The molecule has 76 valence electrons. The molecule has 0 aromatic rings. The van der Waals surface area contributed by atoms with Gasteiger partial charge in [-0.15, -0.1) is 0 Å². The van der Waals surface area contributed by atoms with Crippen LogP contribution in [0.4, 0.5) is 0 Å². The van der Waals surface area contributed by atoms with E-state index in [-0.39, 0.29) is 5.97 Å². The van der Waals surface area contributed by atoms with Gasteiger partial charge in [0.1, 0.15) is 4.49 Å². The Morgan fingerprint density at radius 1 is 1.23 bits per heavy atom. The van der Waals surface area contributed by atoms with Crippen molar-refractivity contribution in [3.63, 3.8) is 0 Å². The molecule has 0 N–H and O–H groups in total. The SMILES string of the molecule is COC(=O)CCCCC(C)=C(Cl)Cl. The van der Waals surface area contributed by atoms with E-state index in [1.165, 1.54) is 7.11 Å². The van der Waals surface area contributed by atoms with Gasteiger partial charge in [-0.25, -0.2) is 0 Å². The van der Waals surface area contributed by atoms with E-state index in [0.29, 0.717) is 10.9 Å². The Hall–Kier alpha value is -0.210. The Balaban J connectivity index is 3.47. The van der Waals surface area contributed by atoms with Gasteiger partial charge in [-0.2, -0.15) is 0 Å². The first kappa shape index (κ1) is 12.8. The Labute approximate surface area is 88.9 Å². The fourth-order valence-corrected chi connectivity index (χ4v) is 1.05. The van der Waals surface area contributed by atoms with Gasteiger partial charge in [0.15, 0.2) is 0 Å². The molecule has 0 bridgehead atoms. The number of methoxy groups -OCH3 is 1. The van der Waals surface area contributed by atoms with Crippen molar-refractivity contribution in [3.8, 4) is 0 Å². The molecular weight excluding hydrogens is 211 g/mol. The second-order valence-corrected chi connectivity index (χ2v) is 3.77. The minimum atomic E-state index is -0.168. The largest absolute Gasteiger partial charge is 0.469 e. The summed E-state index contributed by atoms with van der Waals surface area (Å²) in [6.07, 6.45) is 3.01. The van der Waals surface area contributed by atoms with Crippen molar-refractivity contribution < 1.29 is 9.53 Å². The van der Waals surface area contributed by atoms with E-state index >= 15 is 0 Å². The number of carbonyl (C=O) groups excluding carboxylic acids is 1. The standard InChI is InChI=1S/C9H14Cl2O2/c1-7(9(10)11)5-3-4-6-8(12)13-2/h3-6H2,1-2H3. The Morgan fingerprint density at radius 2 is 1.77 bits per heavy atom. The summed E-state index contributed by atoms with van der Waals surface area (Å²) in [6.45, 7) is 1.88. The van der Waals surface area contributed by atoms with Gasteiger partial charge in [-0.05, 0) is 31.8 Å². The van der Waals surface area contributed by atoms with Gasteiger partial charge in [0.25, 0.3) is 0 Å². The fourth-order valence-electron chi connectivity index (χ4n) is 0.856. The van der Waals surface area contributed by atoms with Gasteiger partial charge < -0.3 is 4.74 Å². The first-order valence-electron chi connectivity index (χ1n) is 4.15. The van der Waals surface area contributed by atoms with Crippen molar-refractivity contribution in [2.75, 3.05) is 7.11 Å². The second kappa shape index (κ2) is 7.22. The van der Waals surface area contributed by atoms with Gasteiger partial charge in [-0.1, -0.05) is 23.2 Å². The molecule has 0 saturated carbocycles. The molecular formula is C9H14Cl2O2. The maximum Gasteiger partial charge on any atom is 0.305 e.